The number of carboxylic acids is 1. The molecule has 0 amide bonds. The largest absolute Gasteiger partial charge is 0.493 e. The number of nitrogens with zero attached hydrogens (tertiary/aromatic N) is 5. The fourth-order valence-corrected chi connectivity index (χ4v) is 4.36. The third-order valence-electron chi connectivity index (χ3n) is 6.12. The highest BCUT2D eigenvalue weighted by Crippen LogP contribution is 2.28. The van der Waals surface area contributed by atoms with Gasteiger partial charge < -0.3 is 19.9 Å². The fourth-order valence-electron chi connectivity index (χ4n) is 4.36. The molecule has 0 saturated heterocycles. The first-order valence-electron chi connectivity index (χ1n) is 12.1. The van der Waals surface area contributed by atoms with Crippen molar-refractivity contribution in [2.45, 2.75) is 38.6 Å². The molecule has 1 atom stereocenters. The lowest BCUT2D eigenvalue weighted by Gasteiger charge is -2.17. The molecular formula is C26H28N6O4. The minimum absolute atomic E-state index is 0.158. The summed E-state index contributed by atoms with van der Waals surface area (Å²) in [6.07, 6.45) is 7.63. The maximum atomic E-state index is 11.6. The summed E-state index contributed by atoms with van der Waals surface area (Å²) >= 11 is 0. The van der Waals surface area contributed by atoms with Crippen LogP contribution in [0.15, 0.2) is 48.9 Å². The number of nitrogens with one attached hydrogen (secondary N) is 1. The average molecular weight is 489 g/mol. The molecule has 3 aromatic heterocycles. The van der Waals surface area contributed by atoms with E-state index in [2.05, 4.69) is 32.5 Å². The molecule has 10 heteroatoms. The summed E-state index contributed by atoms with van der Waals surface area (Å²) in [7, 11) is 0. The molecule has 4 aromatic rings. The van der Waals surface area contributed by atoms with Gasteiger partial charge in [0.25, 0.3) is 0 Å². The molecule has 1 aliphatic rings. The number of aryl methyl sites for hydroxylation is 1. The molecule has 0 unspecified atom stereocenters. The highest BCUT2D eigenvalue weighted by molar-refractivity contribution is 5.81. The number of rotatable bonds is 10. The van der Waals surface area contributed by atoms with Gasteiger partial charge in [0.2, 0.25) is 0 Å². The van der Waals surface area contributed by atoms with Crippen molar-refractivity contribution in [1.82, 2.24) is 24.7 Å². The van der Waals surface area contributed by atoms with Crippen molar-refractivity contribution in [3.8, 4) is 11.8 Å². The quantitative estimate of drug-likeness (QED) is 0.344. The zero-order valence-corrected chi connectivity index (χ0v) is 20.1. The van der Waals surface area contributed by atoms with E-state index in [-0.39, 0.29) is 12.4 Å². The second-order valence-electron chi connectivity index (χ2n) is 8.59. The van der Waals surface area contributed by atoms with Gasteiger partial charge in [-0.2, -0.15) is 5.10 Å². The average Bonchev–Trinajstić information content (AvgIpc) is 3.31. The molecule has 5 rings (SSSR count). The highest BCUT2D eigenvalue weighted by atomic mass is 16.5. The Hall–Kier alpha value is -4.21. The first-order chi connectivity index (χ1) is 17.6. The maximum absolute atomic E-state index is 11.6. The van der Waals surface area contributed by atoms with E-state index in [1.54, 1.807) is 23.3 Å². The van der Waals surface area contributed by atoms with Gasteiger partial charge in [-0.15, -0.1) is 0 Å². The Bertz CT molecular complexity index is 1350. The second-order valence-corrected chi connectivity index (χ2v) is 8.59. The first kappa shape index (κ1) is 23.5. The summed E-state index contributed by atoms with van der Waals surface area (Å²) in [5.74, 6) is 0.766. The molecule has 0 bridgehead atoms. The van der Waals surface area contributed by atoms with Gasteiger partial charge in [0.15, 0.2) is 0 Å². The number of anilines is 1. The smallest absolute Gasteiger partial charge is 0.316 e. The second kappa shape index (κ2) is 10.6. The van der Waals surface area contributed by atoms with Crippen molar-refractivity contribution in [2.75, 3.05) is 25.1 Å². The summed E-state index contributed by atoms with van der Waals surface area (Å²) in [4.78, 5) is 24.7. The van der Waals surface area contributed by atoms with Crippen LogP contribution in [0, 0.1) is 0 Å². The molecule has 0 radical (unpaired) electrons. The van der Waals surface area contributed by atoms with Crippen LogP contribution in [-0.2, 0) is 17.6 Å². The SMILES string of the molecule is CCOc1ncc([C@@H](CC(=O)O)n2ncc3cc(OCCc4ccc5c(n4)NCCC5)ccc32)cn1. The Morgan fingerprint density at radius 1 is 1.17 bits per heavy atom. The van der Waals surface area contributed by atoms with Gasteiger partial charge in [0, 0.05) is 42.0 Å². The van der Waals surface area contributed by atoms with Gasteiger partial charge in [-0.3, -0.25) is 9.48 Å². The van der Waals surface area contributed by atoms with E-state index < -0.39 is 12.0 Å². The van der Waals surface area contributed by atoms with Crippen molar-refractivity contribution in [3.05, 3.63) is 65.7 Å². The maximum Gasteiger partial charge on any atom is 0.316 e. The minimum Gasteiger partial charge on any atom is -0.493 e. The Morgan fingerprint density at radius 2 is 2.03 bits per heavy atom. The van der Waals surface area contributed by atoms with Gasteiger partial charge in [0.1, 0.15) is 11.6 Å². The summed E-state index contributed by atoms with van der Waals surface area (Å²) in [6, 6.07) is 9.57. The lowest BCUT2D eigenvalue weighted by molar-refractivity contribution is -0.137. The van der Waals surface area contributed by atoms with Crippen molar-refractivity contribution in [1.29, 1.82) is 0 Å². The zero-order chi connectivity index (χ0) is 24.9. The normalized spacial score (nSPS) is 13.6. The topological polar surface area (TPSA) is 124 Å². The summed E-state index contributed by atoms with van der Waals surface area (Å²) in [5.41, 5.74) is 3.70. The number of fused-ring (bicyclic) bond motifs is 2. The Morgan fingerprint density at radius 3 is 2.83 bits per heavy atom. The lowest BCUT2D eigenvalue weighted by Crippen LogP contribution is -2.17. The molecule has 0 aliphatic carbocycles. The molecular weight excluding hydrogens is 460 g/mol. The molecule has 1 aromatic carbocycles. The summed E-state index contributed by atoms with van der Waals surface area (Å²) in [6.45, 7) is 3.76. The summed E-state index contributed by atoms with van der Waals surface area (Å²) < 4.78 is 13.0. The molecule has 0 saturated carbocycles. The number of pyridine rings is 1. The molecule has 10 nitrogen and oxygen atoms in total. The molecule has 0 fully saturated rings. The lowest BCUT2D eigenvalue weighted by atomic mass is 10.1. The zero-order valence-electron chi connectivity index (χ0n) is 20.1. The number of hydrogen-bond donors (Lipinski definition) is 2. The third kappa shape index (κ3) is 5.22. The van der Waals surface area contributed by atoms with Gasteiger partial charge in [-0.25, -0.2) is 15.0 Å². The molecule has 1 aliphatic heterocycles. The number of aliphatic carboxylic acids is 1. The van der Waals surface area contributed by atoms with E-state index in [0.717, 1.165) is 47.6 Å². The number of hydrogen-bond acceptors (Lipinski definition) is 8. The molecule has 186 valence electrons. The van der Waals surface area contributed by atoms with E-state index >= 15 is 0 Å². The molecule has 4 heterocycles. The third-order valence-corrected chi connectivity index (χ3v) is 6.12. The van der Waals surface area contributed by atoms with E-state index in [0.29, 0.717) is 25.2 Å². The predicted octanol–water partition coefficient (Wildman–Crippen LogP) is 3.66. The number of benzene rings is 1. The van der Waals surface area contributed by atoms with Gasteiger partial charge in [0.05, 0.1) is 37.4 Å². The van der Waals surface area contributed by atoms with Crippen LogP contribution in [0.3, 0.4) is 0 Å². The summed E-state index contributed by atoms with van der Waals surface area (Å²) in [5, 5.41) is 18.2. The molecule has 0 spiro atoms. The van der Waals surface area contributed by atoms with E-state index in [9.17, 15) is 9.90 Å². The number of carboxylic acid groups (broad SMARTS) is 1. The van der Waals surface area contributed by atoms with Crippen LogP contribution in [0.2, 0.25) is 0 Å². The van der Waals surface area contributed by atoms with Crippen LogP contribution < -0.4 is 14.8 Å². The van der Waals surface area contributed by atoms with Crippen molar-refractivity contribution >= 4 is 22.7 Å². The first-order valence-corrected chi connectivity index (χ1v) is 12.1. The van der Waals surface area contributed by atoms with Crippen LogP contribution in [0.1, 0.15) is 42.6 Å². The number of ether oxygens (including phenoxy) is 2. The molecule has 36 heavy (non-hydrogen) atoms. The van der Waals surface area contributed by atoms with Gasteiger partial charge in [-0.05, 0) is 49.6 Å². The number of aromatic nitrogens is 5. The van der Waals surface area contributed by atoms with Crippen LogP contribution in [0.25, 0.3) is 10.9 Å². The standard InChI is InChI=1S/C26H28N6O4/c1-2-35-26-28-14-19(15-29-26)23(13-24(33)34)32-22-8-7-21(12-18(22)16-30-32)36-11-9-20-6-5-17-4-3-10-27-25(17)31-20/h5-8,12,14-16,23H,2-4,9-11,13H2,1H3,(H,27,31)(H,33,34)/t23-/m1/s1. The van der Waals surface area contributed by atoms with Crippen molar-refractivity contribution in [2.24, 2.45) is 0 Å². The van der Waals surface area contributed by atoms with E-state index in [4.69, 9.17) is 14.5 Å². The highest BCUT2D eigenvalue weighted by Gasteiger charge is 2.22. The molecule has 2 N–H and O–H groups in total. The minimum atomic E-state index is -0.941. The van der Waals surface area contributed by atoms with Crippen LogP contribution in [0.5, 0.6) is 11.8 Å². The van der Waals surface area contributed by atoms with Crippen LogP contribution >= 0.6 is 0 Å². The van der Waals surface area contributed by atoms with Crippen molar-refractivity contribution < 1.29 is 19.4 Å². The monoisotopic (exact) mass is 488 g/mol. The van der Waals surface area contributed by atoms with E-state index in [1.807, 2.05) is 25.1 Å². The predicted molar refractivity (Wildman–Crippen MR) is 134 cm³/mol. The van der Waals surface area contributed by atoms with Gasteiger partial charge >= 0.3 is 12.0 Å². The number of carbonyl (C=O) groups is 1. The van der Waals surface area contributed by atoms with Crippen LogP contribution in [0.4, 0.5) is 5.82 Å². The van der Waals surface area contributed by atoms with Gasteiger partial charge in [-0.1, -0.05) is 6.07 Å². The van der Waals surface area contributed by atoms with Crippen molar-refractivity contribution in [3.63, 3.8) is 0 Å². The Labute approximate surface area is 208 Å². The van der Waals surface area contributed by atoms with E-state index in [1.165, 1.54) is 5.56 Å². The Kier molecular flexibility index (Phi) is 6.92. The fraction of sp³-hybridized carbons (Fsp3) is 0.346. The van der Waals surface area contributed by atoms with Crippen LogP contribution in [-0.4, -0.2) is 55.6 Å². The Balaban J connectivity index is 1.30.